The number of rotatable bonds is 5. The molecule has 1 N–H and O–H groups in total. The number of amides is 1. The average molecular weight is 341 g/mol. The molecule has 1 saturated heterocycles. The number of piperidine rings is 1. The van der Waals surface area contributed by atoms with E-state index in [1.807, 2.05) is 0 Å². The minimum absolute atomic E-state index is 0.0170. The van der Waals surface area contributed by atoms with Crippen molar-refractivity contribution in [3.05, 3.63) is 39.9 Å². The van der Waals surface area contributed by atoms with E-state index >= 15 is 0 Å². The van der Waals surface area contributed by atoms with Crippen molar-refractivity contribution in [1.29, 1.82) is 0 Å². The van der Waals surface area contributed by atoms with Crippen LogP contribution < -0.4 is 4.72 Å². The Labute approximate surface area is 134 Å². The minimum Gasteiger partial charge on any atom is -0.341 e. The van der Waals surface area contributed by atoms with Gasteiger partial charge in [-0.3, -0.25) is 14.9 Å². The van der Waals surface area contributed by atoms with Crippen LogP contribution in [0.15, 0.2) is 24.3 Å². The van der Waals surface area contributed by atoms with Crippen molar-refractivity contribution in [2.24, 2.45) is 0 Å². The molecule has 1 atom stereocenters. The number of nitrogens with one attached hydrogen (secondary N) is 1. The third-order valence-corrected chi connectivity index (χ3v) is 4.42. The van der Waals surface area contributed by atoms with E-state index in [0.29, 0.717) is 25.1 Å². The molecule has 8 nitrogen and oxygen atoms in total. The molecule has 1 aromatic rings. The molecule has 1 amide bonds. The number of benzene rings is 1. The summed E-state index contributed by atoms with van der Waals surface area (Å²) in [4.78, 5) is 24.1. The zero-order valence-electron chi connectivity index (χ0n) is 12.8. The second-order valence-electron chi connectivity index (χ2n) is 5.67. The molecular formula is C14H19N3O5S. The largest absolute Gasteiger partial charge is 0.341 e. The second kappa shape index (κ2) is 7.05. The molecule has 0 bridgehead atoms. The number of hydrogen-bond acceptors (Lipinski definition) is 5. The Bertz CT molecular complexity index is 687. The van der Waals surface area contributed by atoms with Gasteiger partial charge in [0.15, 0.2) is 0 Å². The molecule has 1 aliphatic heterocycles. The smallest absolute Gasteiger partial charge is 0.269 e. The summed E-state index contributed by atoms with van der Waals surface area (Å²) in [5.74, 6) is -0.112. The molecule has 126 valence electrons. The van der Waals surface area contributed by atoms with Crippen LogP contribution in [0.25, 0.3) is 0 Å². The third kappa shape index (κ3) is 5.29. The van der Waals surface area contributed by atoms with Gasteiger partial charge in [0, 0.05) is 31.3 Å². The number of carbonyl (C=O) groups is 1. The lowest BCUT2D eigenvalue weighted by molar-refractivity contribution is -0.384. The second-order valence-corrected chi connectivity index (χ2v) is 7.45. The Morgan fingerprint density at radius 1 is 1.39 bits per heavy atom. The van der Waals surface area contributed by atoms with E-state index in [9.17, 15) is 23.3 Å². The van der Waals surface area contributed by atoms with Gasteiger partial charge in [-0.15, -0.1) is 0 Å². The Balaban J connectivity index is 1.95. The van der Waals surface area contributed by atoms with E-state index in [4.69, 9.17) is 0 Å². The summed E-state index contributed by atoms with van der Waals surface area (Å²) in [7, 11) is -3.30. The minimum atomic E-state index is -3.30. The monoisotopic (exact) mass is 341 g/mol. The fourth-order valence-electron chi connectivity index (χ4n) is 2.62. The summed E-state index contributed by atoms with van der Waals surface area (Å²) in [6.07, 6.45) is 2.68. The highest BCUT2D eigenvalue weighted by Crippen LogP contribution is 2.15. The van der Waals surface area contributed by atoms with Gasteiger partial charge in [0.1, 0.15) is 0 Å². The quantitative estimate of drug-likeness (QED) is 0.625. The summed E-state index contributed by atoms with van der Waals surface area (Å²) in [6, 6.07) is 5.59. The molecule has 23 heavy (non-hydrogen) atoms. The first kappa shape index (κ1) is 17.4. The van der Waals surface area contributed by atoms with Gasteiger partial charge < -0.3 is 4.90 Å². The molecule has 0 radical (unpaired) electrons. The van der Waals surface area contributed by atoms with Crippen LogP contribution in [-0.2, 0) is 21.2 Å². The lowest BCUT2D eigenvalue weighted by Crippen LogP contribution is -2.49. The SMILES string of the molecule is CS(=O)(=O)N[C@H]1CCCN(C(=O)Cc2ccc([N+](=O)[O-])cc2)C1. The average Bonchev–Trinajstić information content (AvgIpc) is 2.46. The van der Waals surface area contributed by atoms with Crippen LogP contribution in [-0.4, -0.2) is 49.5 Å². The zero-order valence-corrected chi connectivity index (χ0v) is 13.6. The normalized spacial score (nSPS) is 18.7. The van der Waals surface area contributed by atoms with Crippen molar-refractivity contribution in [1.82, 2.24) is 9.62 Å². The summed E-state index contributed by atoms with van der Waals surface area (Å²) in [5.41, 5.74) is 0.676. The molecule has 1 fully saturated rings. The molecule has 0 aliphatic carbocycles. The van der Waals surface area contributed by atoms with E-state index < -0.39 is 14.9 Å². The van der Waals surface area contributed by atoms with Crippen LogP contribution in [0.2, 0.25) is 0 Å². The molecule has 9 heteroatoms. The number of nitrogens with zero attached hydrogens (tertiary/aromatic N) is 2. The van der Waals surface area contributed by atoms with Gasteiger partial charge in [-0.1, -0.05) is 12.1 Å². The fourth-order valence-corrected chi connectivity index (χ4v) is 3.42. The van der Waals surface area contributed by atoms with Crippen molar-refractivity contribution < 1.29 is 18.1 Å². The van der Waals surface area contributed by atoms with Crippen LogP contribution in [0.4, 0.5) is 5.69 Å². The maximum absolute atomic E-state index is 12.3. The molecule has 1 aromatic carbocycles. The lowest BCUT2D eigenvalue weighted by Gasteiger charge is -2.32. The predicted octanol–water partition coefficient (Wildman–Crippen LogP) is 0.678. The molecule has 1 heterocycles. The fraction of sp³-hybridized carbons (Fsp3) is 0.500. The molecule has 0 aromatic heterocycles. The van der Waals surface area contributed by atoms with Crippen LogP contribution in [0.5, 0.6) is 0 Å². The number of hydrogen-bond donors (Lipinski definition) is 1. The Morgan fingerprint density at radius 3 is 2.61 bits per heavy atom. The summed E-state index contributed by atoms with van der Waals surface area (Å²) in [5, 5.41) is 10.6. The van der Waals surface area contributed by atoms with Crippen molar-refractivity contribution in [3.63, 3.8) is 0 Å². The van der Waals surface area contributed by atoms with Crippen molar-refractivity contribution in [3.8, 4) is 0 Å². The molecule has 1 aliphatic rings. The number of carbonyl (C=O) groups excluding carboxylic acids is 1. The molecule has 0 spiro atoms. The van der Waals surface area contributed by atoms with E-state index in [1.54, 1.807) is 17.0 Å². The van der Waals surface area contributed by atoms with Crippen molar-refractivity contribution in [2.45, 2.75) is 25.3 Å². The first-order valence-electron chi connectivity index (χ1n) is 7.23. The lowest BCUT2D eigenvalue weighted by atomic mass is 10.0. The van der Waals surface area contributed by atoms with Gasteiger partial charge >= 0.3 is 0 Å². The molecule has 2 rings (SSSR count). The van der Waals surface area contributed by atoms with Gasteiger partial charge in [-0.05, 0) is 18.4 Å². The first-order valence-corrected chi connectivity index (χ1v) is 9.12. The maximum atomic E-state index is 12.3. The van der Waals surface area contributed by atoms with Crippen LogP contribution in [0.1, 0.15) is 18.4 Å². The highest BCUT2D eigenvalue weighted by molar-refractivity contribution is 7.88. The standard InChI is InChI=1S/C14H19N3O5S/c1-23(21,22)15-12-3-2-8-16(10-12)14(18)9-11-4-6-13(7-5-11)17(19)20/h4-7,12,15H,2-3,8-10H2,1H3/t12-/m0/s1. The summed E-state index contributed by atoms with van der Waals surface area (Å²) >= 11 is 0. The van der Waals surface area contributed by atoms with Gasteiger partial charge in [-0.25, -0.2) is 13.1 Å². The van der Waals surface area contributed by atoms with Gasteiger partial charge in [-0.2, -0.15) is 0 Å². The van der Waals surface area contributed by atoms with Gasteiger partial charge in [0.25, 0.3) is 5.69 Å². The molecule has 0 saturated carbocycles. The Hall–Kier alpha value is -2.00. The number of sulfonamides is 1. The Morgan fingerprint density at radius 2 is 2.04 bits per heavy atom. The van der Waals surface area contributed by atoms with Crippen LogP contribution >= 0.6 is 0 Å². The van der Waals surface area contributed by atoms with Crippen molar-refractivity contribution in [2.75, 3.05) is 19.3 Å². The highest BCUT2D eigenvalue weighted by Gasteiger charge is 2.25. The van der Waals surface area contributed by atoms with Gasteiger partial charge in [0.2, 0.25) is 15.9 Å². The summed E-state index contributed by atoms with van der Waals surface area (Å²) in [6.45, 7) is 0.937. The highest BCUT2D eigenvalue weighted by atomic mass is 32.2. The summed E-state index contributed by atoms with van der Waals surface area (Å²) < 4.78 is 25.1. The predicted molar refractivity (Wildman–Crippen MR) is 84.4 cm³/mol. The van der Waals surface area contributed by atoms with Gasteiger partial charge in [0.05, 0.1) is 17.6 Å². The van der Waals surface area contributed by atoms with E-state index in [-0.39, 0.29) is 24.1 Å². The molecule has 0 unspecified atom stereocenters. The van der Waals surface area contributed by atoms with E-state index in [0.717, 1.165) is 12.7 Å². The zero-order chi connectivity index (χ0) is 17.0. The van der Waals surface area contributed by atoms with Crippen LogP contribution in [0, 0.1) is 10.1 Å². The van der Waals surface area contributed by atoms with E-state index in [1.165, 1.54) is 12.1 Å². The first-order chi connectivity index (χ1) is 10.7. The number of nitro groups is 1. The van der Waals surface area contributed by atoms with E-state index in [2.05, 4.69) is 4.72 Å². The van der Waals surface area contributed by atoms with Crippen molar-refractivity contribution >= 4 is 21.6 Å². The maximum Gasteiger partial charge on any atom is 0.269 e. The number of nitro benzene ring substituents is 1. The Kier molecular flexibility index (Phi) is 5.32. The number of likely N-dealkylation sites (tertiary alicyclic amines) is 1. The molecular weight excluding hydrogens is 322 g/mol. The third-order valence-electron chi connectivity index (χ3n) is 3.66. The topological polar surface area (TPSA) is 110 Å². The van der Waals surface area contributed by atoms with Crippen LogP contribution in [0.3, 0.4) is 0 Å². The number of non-ortho nitro benzene ring substituents is 1.